The Morgan fingerprint density at radius 1 is 0.900 bits per heavy atom. The van der Waals surface area contributed by atoms with Gasteiger partial charge in [0.15, 0.2) is 0 Å². The monoisotopic (exact) mass is 264 g/mol. The number of benzene rings is 1. The van der Waals surface area contributed by atoms with Crippen molar-refractivity contribution in [1.29, 1.82) is 0 Å². The molecule has 3 atom stereocenters. The molecule has 0 spiro atoms. The summed E-state index contributed by atoms with van der Waals surface area (Å²) in [6, 6.07) is 10.8. The second-order valence-corrected chi connectivity index (χ2v) is 6.22. The van der Waals surface area contributed by atoms with E-state index in [-0.39, 0.29) is 0 Å². The summed E-state index contributed by atoms with van der Waals surface area (Å²) in [6.07, 6.45) is 17.2. The van der Waals surface area contributed by atoms with Gasteiger partial charge < -0.3 is 0 Å². The van der Waals surface area contributed by atoms with Crippen molar-refractivity contribution in [2.75, 3.05) is 0 Å². The zero-order valence-corrected chi connectivity index (χ0v) is 12.3. The molecule has 0 N–H and O–H groups in total. The average Bonchev–Trinajstić information content (AvgIpc) is 2.73. The molecule has 1 aromatic carbocycles. The lowest BCUT2D eigenvalue weighted by Gasteiger charge is -2.20. The van der Waals surface area contributed by atoms with Crippen LogP contribution < -0.4 is 0 Å². The van der Waals surface area contributed by atoms with Gasteiger partial charge in [0, 0.05) is 11.8 Å². The van der Waals surface area contributed by atoms with Gasteiger partial charge in [0.05, 0.1) is 0 Å². The number of rotatable bonds is 2. The first-order valence-electron chi connectivity index (χ1n) is 7.94. The van der Waals surface area contributed by atoms with Crippen molar-refractivity contribution < 1.29 is 0 Å². The SMILES string of the molecule is CC1C=CC(C2=CCC(c3ccccc3)C=C2)CCC1. The van der Waals surface area contributed by atoms with Crippen molar-refractivity contribution in [2.45, 2.75) is 38.5 Å². The van der Waals surface area contributed by atoms with E-state index in [0.29, 0.717) is 11.8 Å². The molecular weight excluding hydrogens is 240 g/mol. The molecule has 0 heteroatoms. The first kappa shape index (κ1) is 13.4. The van der Waals surface area contributed by atoms with Crippen molar-refractivity contribution in [3.63, 3.8) is 0 Å². The van der Waals surface area contributed by atoms with E-state index in [2.05, 4.69) is 67.6 Å². The first-order chi connectivity index (χ1) is 9.83. The van der Waals surface area contributed by atoms with Crippen LogP contribution in [0.15, 0.2) is 66.3 Å². The van der Waals surface area contributed by atoms with E-state index < -0.39 is 0 Å². The van der Waals surface area contributed by atoms with Crippen LogP contribution in [0.3, 0.4) is 0 Å². The Hall–Kier alpha value is -1.56. The highest BCUT2D eigenvalue weighted by atomic mass is 14.2. The molecule has 3 rings (SSSR count). The topological polar surface area (TPSA) is 0 Å². The van der Waals surface area contributed by atoms with Gasteiger partial charge in [-0.05, 0) is 36.3 Å². The summed E-state index contributed by atoms with van der Waals surface area (Å²) in [4.78, 5) is 0. The van der Waals surface area contributed by atoms with Gasteiger partial charge in [-0.25, -0.2) is 0 Å². The Balaban J connectivity index is 1.69. The second kappa shape index (κ2) is 6.26. The van der Waals surface area contributed by atoms with Crippen LogP contribution in [0.1, 0.15) is 44.1 Å². The molecule has 1 aromatic rings. The summed E-state index contributed by atoms with van der Waals surface area (Å²) in [5, 5.41) is 0. The largest absolute Gasteiger partial charge is 0.0851 e. The van der Waals surface area contributed by atoms with Crippen LogP contribution >= 0.6 is 0 Å². The standard InChI is InChI=1S/C20H24/c1-16-6-5-9-18(11-10-16)20-14-12-19(13-15-20)17-7-3-2-4-8-17/h2-4,7-8,10-12,14-16,18-19H,5-6,9,13H2,1H3. The summed E-state index contributed by atoms with van der Waals surface area (Å²) in [5.74, 6) is 1.96. The molecule has 20 heavy (non-hydrogen) atoms. The van der Waals surface area contributed by atoms with E-state index >= 15 is 0 Å². The van der Waals surface area contributed by atoms with E-state index in [9.17, 15) is 0 Å². The molecule has 0 aliphatic heterocycles. The minimum Gasteiger partial charge on any atom is -0.0851 e. The molecule has 0 bridgehead atoms. The van der Waals surface area contributed by atoms with Gasteiger partial charge in [0.1, 0.15) is 0 Å². The first-order valence-corrected chi connectivity index (χ1v) is 7.94. The van der Waals surface area contributed by atoms with E-state index in [1.807, 2.05) is 0 Å². The highest BCUT2D eigenvalue weighted by molar-refractivity contribution is 5.35. The molecule has 0 nitrogen and oxygen atoms in total. The van der Waals surface area contributed by atoms with Crippen molar-refractivity contribution in [2.24, 2.45) is 11.8 Å². The maximum absolute atomic E-state index is 2.46. The zero-order chi connectivity index (χ0) is 13.8. The Labute approximate surface area is 122 Å². The normalized spacial score (nSPS) is 29.9. The molecule has 3 unspecified atom stereocenters. The maximum Gasteiger partial charge on any atom is 0.00559 e. The zero-order valence-electron chi connectivity index (χ0n) is 12.3. The van der Waals surface area contributed by atoms with E-state index in [4.69, 9.17) is 0 Å². The Bertz CT molecular complexity index is 518. The lowest BCUT2D eigenvalue weighted by molar-refractivity contribution is 0.569. The fourth-order valence-electron chi connectivity index (χ4n) is 3.31. The summed E-state index contributed by atoms with van der Waals surface area (Å²) in [6.45, 7) is 2.33. The third kappa shape index (κ3) is 3.12. The highest BCUT2D eigenvalue weighted by Crippen LogP contribution is 2.33. The van der Waals surface area contributed by atoms with Gasteiger partial charge >= 0.3 is 0 Å². The van der Waals surface area contributed by atoms with Gasteiger partial charge in [-0.3, -0.25) is 0 Å². The molecule has 0 saturated carbocycles. The van der Waals surface area contributed by atoms with Crippen LogP contribution in [0.4, 0.5) is 0 Å². The van der Waals surface area contributed by atoms with Crippen LogP contribution in [0.2, 0.25) is 0 Å². The molecule has 0 fully saturated rings. The fourth-order valence-corrected chi connectivity index (χ4v) is 3.31. The van der Waals surface area contributed by atoms with Gasteiger partial charge in [-0.1, -0.05) is 74.1 Å². The third-order valence-electron chi connectivity index (χ3n) is 4.63. The molecule has 0 saturated heterocycles. The predicted octanol–water partition coefficient (Wildman–Crippen LogP) is 5.65. The van der Waals surface area contributed by atoms with Crippen molar-refractivity contribution in [3.8, 4) is 0 Å². The molecule has 2 aliphatic carbocycles. The maximum atomic E-state index is 2.46. The lowest BCUT2D eigenvalue weighted by Crippen LogP contribution is -2.04. The summed E-state index contributed by atoms with van der Waals surface area (Å²) < 4.78 is 0. The predicted molar refractivity (Wildman–Crippen MR) is 86.7 cm³/mol. The number of hydrogen-bond donors (Lipinski definition) is 0. The van der Waals surface area contributed by atoms with Crippen molar-refractivity contribution >= 4 is 0 Å². The Kier molecular flexibility index (Phi) is 4.20. The molecule has 2 aliphatic rings. The third-order valence-corrected chi connectivity index (χ3v) is 4.63. The Morgan fingerprint density at radius 2 is 1.75 bits per heavy atom. The second-order valence-electron chi connectivity index (χ2n) is 6.22. The van der Waals surface area contributed by atoms with Gasteiger partial charge in [0.25, 0.3) is 0 Å². The number of allylic oxidation sites excluding steroid dienone is 6. The van der Waals surface area contributed by atoms with Crippen LogP contribution in [0.25, 0.3) is 0 Å². The molecular formula is C20H24. The Morgan fingerprint density at radius 3 is 2.50 bits per heavy atom. The number of hydrogen-bond acceptors (Lipinski definition) is 0. The van der Waals surface area contributed by atoms with Gasteiger partial charge in [-0.2, -0.15) is 0 Å². The smallest absolute Gasteiger partial charge is 0.00559 e. The van der Waals surface area contributed by atoms with Crippen molar-refractivity contribution in [1.82, 2.24) is 0 Å². The minimum atomic E-state index is 0.564. The molecule has 0 radical (unpaired) electrons. The summed E-state index contributed by atoms with van der Waals surface area (Å²) in [5.41, 5.74) is 2.96. The molecule has 0 aromatic heterocycles. The molecule has 104 valence electrons. The lowest BCUT2D eigenvalue weighted by atomic mass is 9.85. The quantitative estimate of drug-likeness (QED) is 0.606. The molecule has 0 heterocycles. The van der Waals surface area contributed by atoms with Crippen LogP contribution in [-0.2, 0) is 0 Å². The van der Waals surface area contributed by atoms with E-state index in [1.54, 1.807) is 0 Å². The van der Waals surface area contributed by atoms with Gasteiger partial charge in [-0.15, -0.1) is 0 Å². The average molecular weight is 264 g/mol. The summed E-state index contributed by atoms with van der Waals surface area (Å²) >= 11 is 0. The van der Waals surface area contributed by atoms with Gasteiger partial charge in [0.2, 0.25) is 0 Å². The minimum absolute atomic E-state index is 0.564. The van der Waals surface area contributed by atoms with Crippen LogP contribution in [-0.4, -0.2) is 0 Å². The van der Waals surface area contributed by atoms with Crippen LogP contribution in [0.5, 0.6) is 0 Å². The van der Waals surface area contributed by atoms with Crippen molar-refractivity contribution in [3.05, 3.63) is 71.8 Å². The molecule has 0 amide bonds. The van der Waals surface area contributed by atoms with Crippen LogP contribution in [0, 0.1) is 11.8 Å². The highest BCUT2D eigenvalue weighted by Gasteiger charge is 2.17. The van der Waals surface area contributed by atoms with E-state index in [0.717, 1.165) is 12.3 Å². The fraction of sp³-hybridized carbons (Fsp3) is 0.400. The summed E-state index contributed by atoms with van der Waals surface area (Å²) in [7, 11) is 0. The van der Waals surface area contributed by atoms with E-state index in [1.165, 1.54) is 30.4 Å².